The van der Waals surface area contributed by atoms with Gasteiger partial charge in [-0.05, 0) is 26.2 Å². The van der Waals surface area contributed by atoms with Crippen LogP contribution in [0.1, 0.15) is 58.8 Å². The van der Waals surface area contributed by atoms with Crippen LogP contribution in [0.25, 0.3) is 0 Å². The van der Waals surface area contributed by atoms with Crippen LogP contribution in [0.15, 0.2) is 11.6 Å². The van der Waals surface area contributed by atoms with Gasteiger partial charge in [0.05, 0.1) is 12.7 Å². The van der Waals surface area contributed by atoms with Gasteiger partial charge in [-0.25, -0.2) is 0 Å². The molecule has 1 heteroatoms. The van der Waals surface area contributed by atoms with Crippen molar-refractivity contribution in [3.8, 4) is 0 Å². The maximum Gasteiger partial charge on any atom is 0.0730 e. The zero-order valence-corrected chi connectivity index (χ0v) is 9.72. The summed E-state index contributed by atoms with van der Waals surface area (Å²) in [5.41, 5.74) is 1.63. The fraction of sp³-hybridized carbons (Fsp3) is 0.846. The SMILES string of the molecule is CCCCCCCC1=CC(C)OCC1. The molecule has 0 amide bonds. The summed E-state index contributed by atoms with van der Waals surface area (Å²) in [6.45, 7) is 5.33. The Morgan fingerprint density at radius 3 is 2.79 bits per heavy atom. The van der Waals surface area contributed by atoms with Crippen molar-refractivity contribution in [3.63, 3.8) is 0 Å². The molecule has 1 atom stereocenters. The molecule has 1 nitrogen and oxygen atoms in total. The van der Waals surface area contributed by atoms with Gasteiger partial charge in [0.1, 0.15) is 0 Å². The minimum atomic E-state index is 0.356. The van der Waals surface area contributed by atoms with Crippen molar-refractivity contribution >= 4 is 0 Å². The van der Waals surface area contributed by atoms with Gasteiger partial charge in [-0.3, -0.25) is 0 Å². The van der Waals surface area contributed by atoms with E-state index in [1.165, 1.54) is 38.5 Å². The van der Waals surface area contributed by atoms with E-state index >= 15 is 0 Å². The Bertz CT molecular complexity index is 172. The second-order valence-electron chi connectivity index (χ2n) is 4.32. The number of hydrogen-bond acceptors (Lipinski definition) is 1. The third-order valence-corrected chi connectivity index (χ3v) is 2.88. The molecule has 0 N–H and O–H groups in total. The molecule has 1 aliphatic heterocycles. The van der Waals surface area contributed by atoms with Crippen LogP contribution < -0.4 is 0 Å². The predicted molar refractivity (Wildman–Crippen MR) is 61.5 cm³/mol. The molecule has 0 spiro atoms. The molecule has 1 aliphatic rings. The molecule has 14 heavy (non-hydrogen) atoms. The first-order valence-corrected chi connectivity index (χ1v) is 6.14. The van der Waals surface area contributed by atoms with E-state index in [1.807, 2.05) is 0 Å². The standard InChI is InChI=1S/C13H24O/c1-3-4-5-6-7-8-13-9-10-14-12(2)11-13/h11-12H,3-10H2,1-2H3. The largest absolute Gasteiger partial charge is 0.374 e. The first-order valence-electron chi connectivity index (χ1n) is 6.14. The van der Waals surface area contributed by atoms with Gasteiger partial charge >= 0.3 is 0 Å². The molecule has 0 aromatic heterocycles. The molecular formula is C13H24O. The van der Waals surface area contributed by atoms with E-state index in [0.29, 0.717) is 6.10 Å². The fourth-order valence-corrected chi connectivity index (χ4v) is 2.00. The molecular weight excluding hydrogens is 172 g/mol. The Balaban J connectivity index is 2.05. The van der Waals surface area contributed by atoms with Crippen molar-refractivity contribution in [2.24, 2.45) is 0 Å². The van der Waals surface area contributed by atoms with Crippen molar-refractivity contribution in [3.05, 3.63) is 11.6 Å². The van der Waals surface area contributed by atoms with Crippen molar-refractivity contribution < 1.29 is 4.74 Å². The van der Waals surface area contributed by atoms with Gasteiger partial charge in [-0.15, -0.1) is 0 Å². The lowest BCUT2D eigenvalue weighted by Crippen LogP contribution is -2.13. The third-order valence-electron chi connectivity index (χ3n) is 2.88. The molecule has 0 aromatic rings. The number of unbranched alkanes of at least 4 members (excludes halogenated alkanes) is 4. The summed E-state index contributed by atoms with van der Waals surface area (Å²) in [7, 11) is 0. The summed E-state index contributed by atoms with van der Waals surface area (Å²) < 4.78 is 5.48. The van der Waals surface area contributed by atoms with Crippen molar-refractivity contribution in [2.45, 2.75) is 64.9 Å². The maximum absolute atomic E-state index is 5.48. The van der Waals surface area contributed by atoms with Crippen LogP contribution in [0, 0.1) is 0 Å². The first kappa shape index (κ1) is 11.8. The molecule has 0 saturated carbocycles. The highest BCUT2D eigenvalue weighted by molar-refractivity contribution is 5.07. The molecule has 0 bridgehead atoms. The molecule has 1 unspecified atom stereocenters. The van der Waals surface area contributed by atoms with Gasteiger partial charge in [0, 0.05) is 0 Å². The molecule has 1 heterocycles. The lowest BCUT2D eigenvalue weighted by Gasteiger charge is -2.18. The molecule has 82 valence electrons. The van der Waals surface area contributed by atoms with Crippen molar-refractivity contribution in [1.29, 1.82) is 0 Å². The van der Waals surface area contributed by atoms with Crippen LogP contribution in [-0.2, 0) is 4.74 Å². The van der Waals surface area contributed by atoms with E-state index < -0.39 is 0 Å². The highest BCUT2D eigenvalue weighted by atomic mass is 16.5. The molecule has 0 radical (unpaired) electrons. The first-order chi connectivity index (χ1) is 6.83. The second-order valence-corrected chi connectivity index (χ2v) is 4.32. The van der Waals surface area contributed by atoms with E-state index in [-0.39, 0.29) is 0 Å². The van der Waals surface area contributed by atoms with E-state index in [1.54, 1.807) is 5.57 Å². The Morgan fingerprint density at radius 1 is 1.29 bits per heavy atom. The smallest absolute Gasteiger partial charge is 0.0730 e. The van der Waals surface area contributed by atoms with E-state index in [2.05, 4.69) is 19.9 Å². The average Bonchev–Trinajstić information content (AvgIpc) is 2.18. The van der Waals surface area contributed by atoms with Crippen LogP contribution >= 0.6 is 0 Å². The molecule has 0 aromatic carbocycles. The summed E-state index contributed by atoms with van der Waals surface area (Å²) >= 11 is 0. The Morgan fingerprint density at radius 2 is 2.07 bits per heavy atom. The molecule has 0 saturated heterocycles. The molecule has 1 rings (SSSR count). The van der Waals surface area contributed by atoms with Gasteiger partial charge < -0.3 is 4.74 Å². The zero-order valence-electron chi connectivity index (χ0n) is 9.72. The van der Waals surface area contributed by atoms with Crippen molar-refractivity contribution in [1.82, 2.24) is 0 Å². The van der Waals surface area contributed by atoms with Gasteiger partial charge in [0.2, 0.25) is 0 Å². The van der Waals surface area contributed by atoms with Crippen LogP contribution in [0.2, 0.25) is 0 Å². The minimum absolute atomic E-state index is 0.356. The zero-order chi connectivity index (χ0) is 10.2. The fourth-order valence-electron chi connectivity index (χ4n) is 2.00. The lowest BCUT2D eigenvalue weighted by molar-refractivity contribution is 0.0881. The van der Waals surface area contributed by atoms with Gasteiger partial charge in [-0.2, -0.15) is 0 Å². The Kier molecular flexibility index (Phi) is 5.93. The van der Waals surface area contributed by atoms with Gasteiger partial charge in [0.25, 0.3) is 0 Å². The topological polar surface area (TPSA) is 9.23 Å². The van der Waals surface area contributed by atoms with E-state index in [0.717, 1.165) is 13.0 Å². The molecule has 0 aliphatic carbocycles. The summed E-state index contributed by atoms with van der Waals surface area (Å²) in [5.74, 6) is 0. The molecule has 0 fully saturated rings. The van der Waals surface area contributed by atoms with Crippen LogP contribution in [0.3, 0.4) is 0 Å². The number of ether oxygens (including phenoxy) is 1. The minimum Gasteiger partial charge on any atom is -0.374 e. The van der Waals surface area contributed by atoms with E-state index in [9.17, 15) is 0 Å². The Hall–Kier alpha value is -0.300. The highest BCUT2D eigenvalue weighted by Gasteiger charge is 2.08. The number of hydrogen-bond donors (Lipinski definition) is 0. The normalized spacial score (nSPS) is 22.1. The summed E-state index contributed by atoms with van der Waals surface area (Å²) in [6.07, 6.45) is 12.1. The van der Waals surface area contributed by atoms with Crippen molar-refractivity contribution in [2.75, 3.05) is 6.61 Å². The monoisotopic (exact) mass is 196 g/mol. The summed E-state index contributed by atoms with van der Waals surface area (Å²) in [4.78, 5) is 0. The van der Waals surface area contributed by atoms with Crippen LogP contribution in [0.4, 0.5) is 0 Å². The Labute approximate surface area is 88.5 Å². The quantitative estimate of drug-likeness (QED) is 0.459. The highest BCUT2D eigenvalue weighted by Crippen LogP contribution is 2.19. The average molecular weight is 196 g/mol. The number of rotatable bonds is 6. The lowest BCUT2D eigenvalue weighted by atomic mass is 10.0. The summed E-state index contributed by atoms with van der Waals surface area (Å²) in [6, 6.07) is 0. The van der Waals surface area contributed by atoms with Crippen LogP contribution in [-0.4, -0.2) is 12.7 Å². The van der Waals surface area contributed by atoms with Gasteiger partial charge in [-0.1, -0.05) is 44.3 Å². The predicted octanol–water partition coefficient (Wildman–Crippen LogP) is 4.08. The van der Waals surface area contributed by atoms with E-state index in [4.69, 9.17) is 4.74 Å². The third kappa shape index (κ3) is 4.80. The van der Waals surface area contributed by atoms with Gasteiger partial charge in [0.15, 0.2) is 0 Å². The maximum atomic E-state index is 5.48. The van der Waals surface area contributed by atoms with Crippen LogP contribution in [0.5, 0.6) is 0 Å². The summed E-state index contributed by atoms with van der Waals surface area (Å²) in [5, 5.41) is 0. The second kappa shape index (κ2) is 7.05.